The Morgan fingerprint density at radius 1 is 1.20 bits per heavy atom. The van der Waals surface area contributed by atoms with Crippen LogP contribution in [0, 0.1) is 0 Å². The van der Waals surface area contributed by atoms with Crippen molar-refractivity contribution in [2.75, 3.05) is 0 Å². The van der Waals surface area contributed by atoms with Crippen LogP contribution in [0.2, 0.25) is 0 Å². The van der Waals surface area contributed by atoms with Crippen LogP contribution in [0.3, 0.4) is 0 Å². The van der Waals surface area contributed by atoms with Crippen molar-refractivity contribution in [3.8, 4) is 0 Å². The van der Waals surface area contributed by atoms with Gasteiger partial charge in [-0.3, -0.25) is 0 Å². The first kappa shape index (κ1) is 9.95. The number of halogens is 4. The molecule has 0 N–H and O–H groups in total. The maximum atomic E-state index is 13.5. The van der Waals surface area contributed by atoms with Gasteiger partial charge in [-0.25, -0.2) is 4.79 Å². The zero-order chi connectivity index (χ0) is 11.3. The molecular weight excluding hydrogens is 216 g/mol. The molecule has 0 spiro atoms. The molecule has 1 aliphatic rings. The zero-order valence-electron chi connectivity index (χ0n) is 7.14. The van der Waals surface area contributed by atoms with Crippen molar-refractivity contribution in [2.45, 2.75) is 12.0 Å². The lowest BCUT2D eigenvalue weighted by atomic mass is 10.0. The third kappa shape index (κ3) is 1.20. The van der Waals surface area contributed by atoms with Gasteiger partial charge in [0.05, 0.1) is 11.1 Å². The summed E-state index contributed by atoms with van der Waals surface area (Å²) in [4.78, 5) is 11.0. The second-order valence-corrected chi connectivity index (χ2v) is 3.03. The number of carbonyl (C=O) groups excluding carboxylic acids is 1. The van der Waals surface area contributed by atoms with E-state index in [1.54, 1.807) is 0 Å². The Morgan fingerprint density at radius 3 is 2.40 bits per heavy atom. The first-order valence-corrected chi connectivity index (χ1v) is 3.95. The molecule has 0 amide bonds. The third-order valence-corrected chi connectivity index (χ3v) is 2.09. The van der Waals surface area contributed by atoms with Crippen LogP contribution in [-0.4, -0.2) is 12.1 Å². The van der Waals surface area contributed by atoms with Gasteiger partial charge in [-0.1, -0.05) is 18.2 Å². The van der Waals surface area contributed by atoms with Gasteiger partial charge in [-0.15, -0.1) is 0 Å². The van der Waals surface area contributed by atoms with Crippen molar-refractivity contribution < 1.29 is 27.1 Å². The van der Waals surface area contributed by atoms with E-state index in [1.807, 2.05) is 0 Å². The summed E-state index contributed by atoms with van der Waals surface area (Å²) in [5.41, 5.74) is -1.18. The highest BCUT2D eigenvalue weighted by molar-refractivity contribution is 5.94. The van der Waals surface area contributed by atoms with Crippen molar-refractivity contribution in [2.24, 2.45) is 0 Å². The van der Waals surface area contributed by atoms with E-state index in [0.29, 0.717) is 0 Å². The number of carbonyl (C=O) groups is 1. The number of alkyl halides is 4. The van der Waals surface area contributed by atoms with Gasteiger partial charge in [0.25, 0.3) is 0 Å². The summed E-state index contributed by atoms with van der Waals surface area (Å²) in [5.74, 6) is -5.31. The number of hydrogen-bond acceptors (Lipinski definition) is 2. The Labute approximate surface area is 81.5 Å². The summed E-state index contributed by atoms with van der Waals surface area (Å²) in [6, 6.07) is 4.52. The molecule has 1 unspecified atom stereocenters. The normalized spacial score (nSPS) is 24.9. The first-order chi connectivity index (χ1) is 6.86. The minimum Gasteiger partial charge on any atom is -0.412 e. The van der Waals surface area contributed by atoms with Crippen molar-refractivity contribution in [1.29, 1.82) is 0 Å². The molecule has 1 aromatic rings. The average molecular weight is 220 g/mol. The summed E-state index contributed by atoms with van der Waals surface area (Å²) in [5, 5.41) is 0. The Hall–Kier alpha value is -1.59. The molecule has 1 aliphatic heterocycles. The van der Waals surface area contributed by atoms with Gasteiger partial charge in [0.15, 0.2) is 0 Å². The molecule has 1 aromatic carbocycles. The fourth-order valence-electron chi connectivity index (χ4n) is 1.39. The second-order valence-electron chi connectivity index (χ2n) is 3.03. The highest BCUT2D eigenvalue weighted by atomic mass is 19.4. The van der Waals surface area contributed by atoms with Crippen LogP contribution in [-0.2, 0) is 10.6 Å². The lowest BCUT2D eigenvalue weighted by Gasteiger charge is -2.21. The summed E-state index contributed by atoms with van der Waals surface area (Å²) in [7, 11) is 0. The maximum absolute atomic E-state index is 13.5. The smallest absolute Gasteiger partial charge is 0.412 e. The largest absolute Gasteiger partial charge is 0.465 e. The fraction of sp³-hybridized carbons (Fsp3) is 0.222. The summed E-state index contributed by atoms with van der Waals surface area (Å²) >= 11 is 0. The SMILES string of the molecule is O=C1OC(F)(C(F)(F)F)c2ccccc21. The Balaban J connectivity index is 2.63. The van der Waals surface area contributed by atoms with E-state index in [2.05, 4.69) is 4.74 Å². The molecular formula is C9H4F4O2. The highest BCUT2D eigenvalue weighted by Crippen LogP contribution is 2.48. The molecule has 2 rings (SSSR count). The van der Waals surface area contributed by atoms with Gasteiger partial charge in [0.2, 0.25) is 0 Å². The van der Waals surface area contributed by atoms with Gasteiger partial charge in [-0.2, -0.15) is 17.6 Å². The molecule has 0 saturated carbocycles. The van der Waals surface area contributed by atoms with Crippen LogP contribution in [0.5, 0.6) is 0 Å². The van der Waals surface area contributed by atoms with E-state index in [4.69, 9.17) is 0 Å². The molecule has 0 bridgehead atoms. The Bertz CT molecular complexity index is 426. The average Bonchev–Trinajstić information content (AvgIpc) is 2.41. The zero-order valence-corrected chi connectivity index (χ0v) is 7.14. The number of benzene rings is 1. The lowest BCUT2D eigenvalue weighted by molar-refractivity contribution is -0.315. The summed E-state index contributed by atoms with van der Waals surface area (Å²) in [6.07, 6.45) is -5.27. The third-order valence-electron chi connectivity index (χ3n) is 2.09. The quantitative estimate of drug-likeness (QED) is 0.496. The molecule has 6 heteroatoms. The molecule has 1 atom stereocenters. The van der Waals surface area contributed by atoms with E-state index in [1.165, 1.54) is 12.1 Å². The van der Waals surface area contributed by atoms with Crippen molar-refractivity contribution in [3.63, 3.8) is 0 Å². The Kier molecular flexibility index (Phi) is 1.80. The number of cyclic esters (lactones) is 1. The summed E-state index contributed by atoms with van der Waals surface area (Å²) in [6.45, 7) is 0. The topological polar surface area (TPSA) is 26.3 Å². The summed E-state index contributed by atoms with van der Waals surface area (Å²) < 4.78 is 54.3. The van der Waals surface area contributed by atoms with Gasteiger partial charge in [-0.05, 0) is 6.07 Å². The van der Waals surface area contributed by atoms with E-state index in [0.717, 1.165) is 12.1 Å². The van der Waals surface area contributed by atoms with E-state index in [9.17, 15) is 22.4 Å². The number of fused-ring (bicyclic) bond motifs is 1. The first-order valence-electron chi connectivity index (χ1n) is 3.95. The van der Waals surface area contributed by atoms with E-state index in [-0.39, 0.29) is 0 Å². The molecule has 0 fully saturated rings. The van der Waals surface area contributed by atoms with Gasteiger partial charge in [0, 0.05) is 0 Å². The number of hydrogen-bond donors (Lipinski definition) is 0. The van der Waals surface area contributed by atoms with E-state index >= 15 is 0 Å². The molecule has 2 nitrogen and oxygen atoms in total. The molecule has 80 valence electrons. The molecule has 0 saturated heterocycles. The number of ether oxygens (including phenoxy) is 1. The predicted octanol–water partition coefficient (Wildman–Crippen LogP) is 2.54. The fourth-order valence-corrected chi connectivity index (χ4v) is 1.39. The molecule has 15 heavy (non-hydrogen) atoms. The van der Waals surface area contributed by atoms with E-state index < -0.39 is 29.1 Å². The predicted molar refractivity (Wildman–Crippen MR) is 40.7 cm³/mol. The molecule has 1 heterocycles. The van der Waals surface area contributed by atoms with Crippen LogP contribution < -0.4 is 0 Å². The second kappa shape index (κ2) is 2.71. The van der Waals surface area contributed by atoms with Crippen molar-refractivity contribution in [3.05, 3.63) is 35.4 Å². The maximum Gasteiger partial charge on any atom is 0.465 e. The van der Waals surface area contributed by atoms with Crippen LogP contribution >= 0.6 is 0 Å². The number of esters is 1. The number of rotatable bonds is 0. The van der Waals surface area contributed by atoms with Gasteiger partial charge in [0.1, 0.15) is 0 Å². The van der Waals surface area contributed by atoms with Crippen molar-refractivity contribution in [1.82, 2.24) is 0 Å². The van der Waals surface area contributed by atoms with Gasteiger partial charge < -0.3 is 4.74 Å². The van der Waals surface area contributed by atoms with Gasteiger partial charge >= 0.3 is 18.0 Å². The van der Waals surface area contributed by atoms with Crippen LogP contribution in [0.25, 0.3) is 0 Å². The lowest BCUT2D eigenvalue weighted by Crippen LogP contribution is -2.38. The molecule has 0 radical (unpaired) electrons. The molecule has 0 aromatic heterocycles. The minimum atomic E-state index is -5.27. The van der Waals surface area contributed by atoms with Crippen LogP contribution in [0.4, 0.5) is 17.6 Å². The monoisotopic (exact) mass is 220 g/mol. The molecule has 0 aliphatic carbocycles. The minimum absolute atomic E-state index is 0.391. The Morgan fingerprint density at radius 2 is 1.80 bits per heavy atom. The van der Waals surface area contributed by atoms with Crippen LogP contribution in [0.15, 0.2) is 24.3 Å². The van der Waals surface area contributed by atoms with Crippen LogP contribution in [0.1, 0.15) is 15.9 Å². The van der Waals surface area contributed by atoms with Crippen molar-refractivity contribution >= 4 is 5.97 Å². The highest BCUT2D eigenvalue weighted by Gasteiger charge is 2.65. The standard InChI is InChI=1S/C9H4F4O2/c10-8(9(11,12)13)6-4-2-1-3-5(6)7(14)15-8/h1-4H.